The lowest BCUT2D eigenvalue weighted by atomic mass is 9.98. The molecule has 1 fully saturated rings. The minimum Gasteiger partial charge on any atom is -0.507 e. The summed E-state index contributed by atoms with van der Waals surface area (Å²) in [5.74, 6) is -0.927. The van der Waals surface area contributed by atoms with Gasteiger partial charge in [-0.15, -0.1) is 0 Å². The second kappa shape index (κ2) is 8.22. The Labute approximate surface area is 163 Å². The van der Waals surface area contributed by atoms with E-state index in [1.165, 1.54) is 4.90 Å². The third-order valence-electron chi connectivity index (χ3n) is 4.66. The molecule has 2 heterocycles. The second-order valence-corrected chi connectivity index (χ2v) is 6.78. The molecule has 2 aromatic rings. The predicted octanol–water partition coefficient (Wildman–Crippen LogP) is 2.07. The molecule has 1 saturated heterocycles. The van der Waals surface area contributed by atoms with Gasteiger partial charge >= 0.3 is 0 Å². The van der Waals surface area contributed by atoms with E-state index < -0.39 is 17.7 Å². The number of methoxy groups -OCH3 is 1. The molecule has 28 heavy (non-hydrogen) atoms. The van der Waals surface area contributed by atoms with E-state index in [2.05, 4.69) is 4.98 Å². The number of Topliss-reactive ketones (excluding diaryl/α,β-unsaturated/α-hetero) is 1. The van der Waals surface area contributed by atoms with Gasteiger partial charge in [-0.05, 0) is 50.5 Å². The van der Waals surface area contributed by atoms with Crippen molar-refractivity contribution in [3.05, 3.63) is 65.5 Å². The van der Waals surface area contributed by atoms with Crippen LogP contribution < -0.4 is 4.74 Å². The molecule has 1 N–H and O–H groups in total. The molecule has 1 aromatic heterocycles. The number of carbonyl (C=O) groups is 2. The molecule has 7 nitrogen and oxygen atoms in total. The maximum atomic E-state index is 12.8. The third kappa shape index (κ3) is 3.75. The Morgan fingerprint density at radius 3 is 2.46 bits per heavy atom. The number of aliphatic hydroxyl groups is 1. The van der Waals surface area contributed by atoms with E-state index in [0.29, 0.717) is 30.1 Å². The molecule has 1 aliphatic rings. The van der Waals surface area contributed by atoms with E-state index in [1.807, 2.05) is 19.0 Å². The molecule has 1 atom stereocenters. The zero-order valence-electron chi connectivity index (χ0n) is 16.1. The van der Waals surface area contributed by atoms with Crippen LogP contribution in [0.1, 0.15) is 17.3 Å². The smallest absolute Gasteiger partial charge is 0.295 e. The van der Waals surface area contributed by atoms with Crippen LogP contribution in [0.15, 0.2) is 54.2 Å². The lowest BCUT2D eigenvalue weighted by Gasteiger charge is -2.25. The molecule has 1 aliphatic heterocycles. The number of aliphatic hydroxyl groups excluding tert-OH is 1. The highest BCUT2D eigenvalue weighted by atomic mass is 16.5. The fourth-order valence-corrected chi connectivity index (χ4v) is 3.17. The van der Waals surface area contributed by atoms with Crippen molar-refractivity contribution in [3.63, 3.8) is 0 Å². The van der Waals surface area contributed by atoms with Crippen LogP contribution in [0, 0.1) is 0 Å². The zero-order valence-corrected chi connectivity index (χ0v) is 16.1. The summed E-state index contributed by atoms with van der Waals surface area (Å²) >= 11 is 0. The van der Waals surface area contributed by atoms with E-state index in [9.17, 15) is 14.7 Å². The average Bonchev–Trinajstić information content (AvgIpc) is 2.97. The van der Waals surface area contributed by atoms with Crippen LogP contribution in [-0.4, -0.2) is 65.9 Å². The highest BCUT2D eigenvalue weighted by molar-refractivity contribution is 6.46. The summed E-state index contributed by atoms with van der Waals surface area (Å²) in [5.41, 5.74) is 1.02. The number of benzene rings is 1. The Balaban J connectivity index is 2.10. The SMILES string of the molecule is COc1ccc(C(O)=C2C(=O)C(=O)N(CCN(C)C)[C@@H]2c2ccccn2)cc1. The molecule has 0 bridgehead atoms. The Hall–Kier alpha value is -3.19. The van der Waals surface area contributed by atoms with Crippen molar-refractivity contribution in [1.29, 1.82) is 0 Å². The van der Waals surface area contributed by atoms with Crippen LogP contribution in [0.25, 0.3) is 5.76 Å². The van der Waals surface area contributed by atoms with Crippen LogP contribution in [0.2, 0.25) is 0 Å². The molecule has 0 saturated carbocycles. The third-order valence-corrected chi connectivity index (χ3v) is 4.66. The number of rotatable bonds is 6. The zero-order chi connectivity index (χ0) is 20.3. The summed E-state index contributed by atoms with van der Waals surface area (Å²) in [6, 6.07) is 11.2. The summed E-state index contributed by atoms with van der Waals surface area (Å²) in [5, 5.41) is 10.9. The van der Waals surface area contributed by atoms with Gasteiger partial charge in [-0.3, -0.25) is 14.6 Å². The first-order valence-electron chi connectivity index (χ1n) is 8.92. The van der Waals surface area contributed by atoms with Gasteiger partial charge in [-0.2, -0.15) is 0 Å². The molecule has 146 valence electrons. The largest absolute Gasteiger partial charge is 0.507 e. The van der Waals surface area contributed by atoms with Gasteiger partial charge < -0.3 is 19.6 Å². The molecule has 0 spiro atoms. The van der Waals surface area contributed by atoms with Crippen LogP contribution in [0.5, 0.6) is 5.75 Å². The van der Waals surface area contributed by atoms with E-state index in [1.54, 1.807) is 55.8 Å². The van der Waals surface area contributed by atoms with Crippen molar-refractivity contribution < 1.29 is 19.4 Å². The molecular weight excluding hydrogens is 358 g/mol. The van der Waals surface area contributed by atoms with Crippen LogP contribution in [-0.2, 0) is 9.59 Å². The van der Waals surface area contributed by atoms with Gasteiger partial charge in [0.2, 0.25) is 0 Å². The van der Waals surface area contributed by atoms with E-state index in [4.69, 9.17) is 4.74 Å². The quantitative estimate of drug-likeness (QED) is 0.469. The van der Waals surface area contributed by atoms with Gasteiger partial charge in [0.25, 0.3) is 11.7 Å². The molecule has 0 aliphatic carbocycles. The molecule has 7 heteroatoms. The number of carbonyl (C=O) groups excluding carboxylic acids is 2. The Morgan fingerprint density at radius 2 is 1.89 bits per heavy atom. The molecule has 1 amide bonds. The Bertz CT molecular complexity index is 892. The fraction of sp³-hybridized carbons (Fsp3) is 0.286. The molecule has 1 aromatic carbocycles. The highest BCUT2D eigenvalue weighted by Crippen LogP contribution is 2.38. The standard InChI is InChI=1S/C21H23N3O4/c1-23(2)12-13-24-18(16-6-4-5-11-22-16)17(20(26)21(24)27)19(25)14-7-9-15(28-3)10-8-14/h4-11,18,25H,12-13H2,1-3H3/t18-/m1/s1. The summed E-state index contributed by atoms with van der Waals surface area (Å²) < 4.78 is 5.13. The summed E-state index contributed by atoms with van der Waals surface area (Å²) in [6.45, 7) is 0.928. The molecular formula is C21H23N3O4. The summed E-state index contributed by atoms with van der Waals surface area (Å²) in [7, 11) is 5.33. The monoisotopic (exact) mass is 381 g/mol. The Morgan fingerprint density at radius 1 is 1.18 bits per heavy atom. The van der Waals surface area contributed by atoms with Gasteiger partial charge in [0.05, 0.1) is 18.4 Å². The van der Waals surface area contributed by atoms with Crippen LogP contribution in [0.3, 0.4) is 0 Å². The van der Waals surface area contributed by atoms with E-state index >= 15 is 0 Å². The van der Waals surface area contributed by atoms with Crippen LogP contribution >= 0.6 is 0 Å². The van der Waals surface area contributed by atoms with Crippen molar-refractivity contribution in [2.45, 2.75) is 6.04 Å². The van der Waals surface area contributed by atoms with E-state index in [0.717, 1.165) is 0 Å². The first-order chi connectivity index (χ1) is 13.4. The van der Waals surface area contributed by atoms with Gasteiger partial charge in [-0.25, -0.2) is 0 Å². The van der Waals surface area contributed by atoms with Gasteiger partial charge in [0, 0.05) is 24.8 Å². The van der Waals surface area contributed by atoms with Crippen LogP contribution in [0.4, 0.5) is 0 Å². The van der Waals surface area contributed by atoms with Crippen molar-refractivity contribution in [1.82, 2.24) is 14.8 Å². The van der Waals surface area contributed by atoms with Gasteiger partial charge in [-0.1, -0.05) is 6.07 Å². The number of ether oxygens (including phenoxy) is 1. The summed E-state index contributed by atoms with van der Waals surface area (Å²) in [6.07, 6.45) is 1.61. The molecule has 0 unspecified atom stereocenters. The topological polar surface area (TPSA) is 83.0 Å². The predicted molar refractivity (Wildman–Crippen MR) is 105 cm³/mol. The number of likely N-dealkylation sites (tertiary alicyclic amines) is 1. The number of hydrogen-bond donors (Lipinski definition) is 1. The molecule has 3 rings (SSSR count). The lowest BCUT2D eigenvalue weighted by molar-refractivity contribution is -0.140. The maximum Gasteiger partial charge on any atom is 0.295 e. The maximum absolute atomic E-state index is 12.8. The number of hydrogen-bond acceptors (Lipinski definition) is 6. The number of nitrogens with zero attached hydrogens (tertiary/aromatic N) is 3. The van der Waals surface area contributed by atoms with Crippen molar-refractivity contribution in [2.24, 2.45) is 0 Å². The second-order valence-electron chi connectivity index (χ2n) is 6.78. The minimum atomic E-state index is -0.733. The number of amides is 1. The number of aromatic nitrogens is 1. The highest BCUT2D eigenvalue weighted by Gasteiger charge is 2.46. The molecule has 0 radical (unpaired) electrons. The Kier molecular flexibility index (Phi) is 5.75. The first-order valence-corrected chi connectivity index (χ1v) is 8.92. The minimum absolute atomic E-state index is 0.0487. The van der Waals surface area contributed by atoms with Gasteiger partial charge in [0.15, 0.2) is 0 Å². The first kappa shape index (κ1) is 19.6. The lowest BCUT2D eigenvalue weighted by Crippen LogP contribution is -2.35. The average molecular weight is 381 g/mol. The van der Waals surface area contributed by atoms with Crippen molar-refractivity contribution in [2.75, 3.05) is 34.3 Å². The van der Waals surface area contributed by atoms with Crippen molar-refractivity contribution in [3.8, 4) is 5.75 Å². The summed E-state index contributed by atoms with van der Waals surface area (Å²) in [4.78, 5) is 33.3. The number of ketones is 1. The number of likely N-dealkylation sites (N-methyl/N-ethyl adjacent to an activating group) is 1. The fourth-order valence-electron chi connectivity index (χ4n) is 3.17. The van der Waals surface area contributed by atoms with E-state index in [-0.39, 0.29) is 11.3 Å². The normalized spacial score (nSPS) is 18.7. The number of pyridine rings is 1. The van der Waals surface area contributed by atoms with Gasteiger partial charge in [0.1, 0.15) is 17.6 Å². The van der Waals surface area contributed by atoms with Crippen molar-refractivity contribution >= 4 is 17.4 Å².